The number of carbonyl (C=O) groups excluding carboxylic acids is 4. The van der Waals surface area contributed by atoms with Gasteiger partial charge in [0.1, 0.15) is 11.6 Å². The number of fused-ring (bicyclic) bond motifs is 1. The monoisotopic (exact) mass is 437 g/mol. The Morgan fingerprint density at radius 1 is 1.09 bits per heavy atom. The first kappa shape index (κ1) is 21.2. The van der Waals surface area contributed by atoms with E-state index in [4.69, 9.17) is 4.74 Å². The first-order valence-electron chi connectivity index (χ1n) is 10.0. The molecule has 0 unspecified atom stereocenters. The summed E-state index contributed by atoms with van der Waals surface area (Å²) in [4.78, 5) is 62.3. The number of nitro groups is 1. The molecule has 4 rings (SSSR count). The summed E-state index contributed by atoms with van der Waals surface area (Å²) >= 11 is 0. The largest absolute Gasteiger partial charge is 0.446 e. The Morgan fingerprint density at radius 3 is 2.41 bits per heavy atom. The van der Waals surface area contributed by atoms with Gasteiger partial charge in [0.15, 0.2) is 0 Å². The van der Waals surface area contributed by atoms with Crippen molar-refractivity contribution in [1.29, 1.82) is 0 Å². The van der Waals surface area contributed by atoms with Crippen molar-refractivity contribution in [3.05, 3.63) is 75.3 Å². The lowest BCUT2D eigenvalue weighted by molar-refractivity contribution is -0.385. The minimum atomic E-state index is -1.40. The molecule has 32 heavy (non-hydrogen) atoms. The van der Waals surface area contributed by atoms with Crippen molar-refractivity contribution >= 4 is 29.4 Å². The number of nitro benzene ring substituents is 1. The second-order valence-corrected chi connectivity index (χ2v) is 7.62. The zero-order valence-electron chi connectivity index (χ0n) is 17.0. The topological polar surface area (TPSA) is 136 Å². The van der Waals surface area contributed by atoms with Crippen molar-refractivity contribution in [3.8, 4) is 0 Å². The van der Waals surface area contributed by atoms with Gasteiger partial charge in [0, 0.05) is 17.7 Å². The number of nitrogens with zero attached hydrogens (tertiary/aromatic N) is 2. The van der Waals surface area contributed by atoms with Gasteiger partial charge in [0.2, 0.25) is 6.10 Å². The lowest BCUT2D eigenvalue weighted by atomic mass is 10.1. The molecule has 10 nitrogen and oxygen atoms in total. The first-order chi connectivity index (χ1) is 15.3. The fourth-order valence-corrected chi connectivity index (χ4v) is 3.51. The van der Waals surface area contributed by atoms with Crippen LogP contribution in [0.1, 0.15) is 52.1 Å². The van der Waals surface area contributed by atoms with Crippen LogP contribution in [0.15, 0.2) is 48.5 Å². The number of rotatable bonds is 7. The van der Waals surface area contributed by atoms with Gasteiger partial charge in [0.05, 0.1) is 10.5 Å². The molecule has 0 saturated heterocycles. The van der Waals surface area contributed by atoms with Gasteiger partial charge in [-0.15, -0.1) is 0 Å². The van der Waals surface area contributed by atoms with Crippen molar-refractivity contribution in [1.82, 2.24) is 10.2 Å². The van der Waals surface area contributed by atoms with Gasteiger partial charge in [-0.2, -0.15) is 0 Å². The molecule has 1 heterocycles. The van der Waals surface area contributed by atoms with Gasteiger partial charge in [-0.3, -0.25) is 29.4 Å². The van der Waals surface area contributed by atoms with E-state index in [0.717, 1.165) is 18.9 Å². The van der Waals surface area contributed by atoms with Crippen LogP contribution in [0.4, 0.5) is 5.69 Å². The summed E-state index contributed by atoms with van der Waals surface area (Å²) in [6, 6.07) is 10.7. The maximum atomic E-state index is 12.9. The average molecular weight is 437 g/mol. The second kappa shape index (κ2) is 8.22. The molecule has 0 bridgehead atoms. The smallest absolute Gasteiger partial charge is 0.330 e. The summed E-state index contributed by atoms with van der Waals surface area (Å²) in [6.45, 7) is 1.27. The SMILES string of the molecule is C[C@H](C(=O)O[C@H](C(=O)NC1CC1)c1ccccc1)N1C(=O)c2cccc([N+](=O)[O-])c2C1=O. The Morgan fingerprint density at radius 2 is 1.78 bits per heavy atom. The zero-order valence-corrected chi connectivity index (χ0v) is 17.0. The Balaban J connectivity index is 1.57. The average Bonchev–Trinajstić information content (AvgIpc) is 3.56. The summed E-state index contributed by atoms with van der Waals surface area (Å²) in [5.74, 6) is -3.28. The summed E-state index contributed by atoms with van der Waals surface area (Å²) in [7, 11) is 0. The quantitative estimate of drug-likeness (QED) is 0.303. The maximum absolute atomic E-state index is 12.9. The highest BCUT2D eigenvalue weighted by atomic mass is 16.6. The van der Waals surface area contributed by atoms with Gasteiger partial charge in [-0.05, 0) is 25.8 Å². The van der Waals surface area contributed by atoms with Gasteiger partial charge in [-0.1, -0.05) is 36.4 Å². The van der Waals surface area contributed by atoms with Crippen LogP contribution < -0.4 is 5.32 Å². The molecular formula is C22H19N3O7. The summed E-state index contributed by atoms with van der Waals surface area (Å²) < 4.78 is 5.44. The first-order valence-corrected chi connectivity index (χ1v) is 10.0. The van der Waals surface area contributed by atoms with Crippen molar-refractivity contribution in [2.24, 2.45) is 0 Å². The van der Waals surface area contributed by atoms with Crippen molar-refractivity contribution in [3.63, 3.8) is 0 Å². The maximum Gasteiger partial charge on any atom is 0.330 e. The van der Waals surface area contributed by atoms with Crippen molar-refractivity contribution < 1.29 is 28.8 Å². The lowest BCUT2D eigenvalue weighted by Crippen LogP contribution is -2.45. The lowest BCUT2D eigenvalue weighted by Gasteiger charge is -2.24. The Hall–Kier alpha value is -4.08. The van der Waals surface area contributed by atoms with E-state index in [9.17, 15) is 29.3 Å². The van der Waals surface area contributed by atoms with Gasteiger partial charge in [-0.25, -0.2) is 4.79 Å². The minimum absolute atomic E-state index is 0.0293. The number of carbonyl (C=O) groups is 4. The van der Waals surface area contributed by atoms with Gasteiger partial charge < -0.3 is 10.1 Å². The number of ether oxygens (including phenoxy) is 1. The summed E-state index contributed by atoms with van der Waals surface area (Å²) in [6.07, 6.45) is 0.410. The third-order valence-electron chi connectivity index (χ3n) is 5.35. The van der Waals surface area contributed by atoms with E-state index in [2.05, 4.69) is 5.32 Å². The standard InChI is InChI=1S/C22H19N3O7/c1-12(24-20(27)15-8-5-9-16(25(30)31)17(15)21(24)28)22(29)32-18(13-6-3-2-4-7-13)19(26)23-14-10-11-14/h2-9,12,14,18H,10-11H2,1H3,(H,23,26)/t12-,18+/m1/s1. The number of hydrogen-bond acceptors (Lipinski definition) is 7. The van der Waals surface area contributed by atoms with E-state index in [1.54, 1.807) is 30.3 Å². The Bertz CT molecular complexity index is 1130. The number of imide groups is 1. The Kier molecular flexibility index (Phi) is 5.43. The van der Waals surface area contributed by atoms with Crippen LogP contribution in [0.5, 0.6) is 0 Å². The minimum Gasteiger partial charge on any atom is -0.446 e. The Labute approximate surface area is 182 Å². The number of esters is 1. The number of hydrogen-bond donors (Lipinski definition) is 1. The van der Waals surface area contributed by atoms with E-state index in [1.165, 1.54) is 19.1 Å². The molecule has 2 aromatic rings. The summed E-state index contributed by atoms with van der Waals surface area (Å²) in [5, 5.41) is 14.1. The number of benzene rings is 2. The molecule has 1 N–H and O–H groups in total. The molecule has 164 valence electrons. The predicted molar refractivity (Wildman–Crippen MR) is 109 cm³/mol. The molecule has 2 aliphatic rings. The molecule has 2 atom stereocenters. The molecule has 0 spiro atoms. The molecule has 0 radical (unpaired) electrons. The van der Waals surface area contributed by atoms with Crippen LogP contribution in [0, 0.1) is 10.1 Å². The molecule has 10 heteroatoms. The third-order valence-corrected chi connectivity index (χ3v) is 5.35. The van der Waals surface area contributed by atoms with E-state index >= 15 is 0 Å². The normalized spacial score (nSPS) is 16.8. The van der Waals surface area contributed by atoms with Crippen molar-refractivity contribution in [2.45, 2.75) is 38.0 Å². The zero-order chi connectivity index (χ0) is 23.0. The highest BCUT2D eigenvalue weighted by Crippen LogP contribution is 2.32. The van der Waals surface area contributed by atoms with E-state index in [-0.39, 0.29) is 17.2 Å². The highest BCUT2D eigenvalue weighted by molar-refractivity contribution is 6.24. The van der Waals surface area contributed by atoms with E-state index in [0.29, 0.717) is 10.5 Å². The molecular weight excluding hydrogens is 418 g/mol. The number of amides is 3. The third kappa shape index (κ3) is 3.82. The van der Waals surface area contributed by atoms with Crippen LogP contribution >= 0.6 is 0 Å². The van der Waals surface area contributed by atoms with Crippen LogP contribution in [0.3, 0.4) is 0 Å². The molecule has 3 amide bonds. The van der Waals surface area contributed by atoms with E-state index in [1.807, 2.05) is 0 Å². The predicted octanol–water partition coefficient (Wildman–Crippen LogP) is 2.14. The fraction of sp³-hybridized carbons (Fsp3) is 0.273. The van der Waals surface area contributed by atoms with Gasteiger partial charge in [0.25, 0.3) is 23.4 Å². The molecule has 1 fully saturated rings. The molecule has 0 aromatic heterocycles. The summed E-state index contributed by atoms with van der Waals surface area (Å²) in [5.41, 5.74) is -0.609. The fourth-order valence-electron chi connectivity index (χ4n) is 3.51. The van der Waals surface area contributed by atoms with Crippen LogP contribution in [0.25, 0.3) is 0 Å². The van der Waals surface area contributed by atoms with Crippen LogP contribution in [-0.4, -0.2) is 45.6 Å². The highest BCUT2D eigenvalue weighted by Gasteiger charge is 2.46. The van der Waals surface area contributed by atoms with E-state index < -0.39 is 46.4 Å². The van der Waals surface area contributed by atoms with Crippen LogP contribution in [0.2, 0.25) is 0 Å². The van der Waals surface area contributed by atoms with Gasteiger partial charge >= 0.3 is 5.97 Å². The second-order valence-electron chi connectivity index (χ2n) is 7.62. The molecule has 1 saturated carbocycles. The van der Waals surface area contributed by atoms with Crippen molar-refractivity contribution in [2.75, 3.05) is 0 Å². The molecule has 2 aromatic carbocycles. The van der Waals surface area contributed by atoms with Crippen LogP contribution in [-0.2, 0) is 14.3 Å². The molecule has 1 aliphatic carbocycles. The molecule has 1 aliphatic heterocycles. The number of nitrogens with one attached hydrogen (secondary N) is 1.